The van der Waals surface area contributed by atoms with Crippen molar-refractivity contribution in [2.24, 2.45) is 5.73 Å². The van der Waals surface area contributed by atoms with Gasteiger partial charge in [-0.05, 0) is 0 Å². The van der Waals surface area contributed by atoms with Gasteiger partial charge in [0.25, 0.3) is 5.56 Å². The van der Waals surface area contributed by atoms with Gasteiger partial charge < -0.3 is 20.7 Å². The number of hydrogen-bond acceptors (Lipinski definition) is 6. The molecule has 0 amide bonds. The lowest BCUT2D eigenvalue weighted by Gasteiger charge is -2.17. The van der Waals surface area contributed by atoms with Crippen molar-refractivity contribution in [2.75, 3.05) is 6.61 Å². The number of aromatic nitrogens is 2. The fourth-order valence-electron chi connectivity index (χ4n) is 1.80. The molecule has 1 aliphatic heterocycles. The van der Waals surface area contributed by atoms with E-state index in [1.165, 1.54) is 6.20 Å². The summed E-state index contributed by atoms with van der Waals surface area (Å²) in [4.78, 5) is 24.5. The number of nitrogens with zero attached hydrogens (tertiary/aromatic N) is 1. The van der Waals surface area contributed by atoms with Gasteiger partial charge in [-0.25, -0.2) is 4.79 Å². The average molecular weight is 243 g/mol. The zero-order valence-corrected chi connectivity index (χ0v) is 8.81. The van der Waals surface area contributed by atoms with Crippen LogP contribution in [0.5, 0.6) is 0 Å². The minimum Gasteiger partial charge on any atom is -0.394 e. The van der Waals surface area contributed by atoms with Gasteiger partial charge in [0.15, 0.2) is 6.23 Å². The molecule has 94 valence electrons. The van der Waals surface area contributed by atoms with Crippen LogP contribution in [0.2, 0.25) is 0 Å². The molecule has 8 nitrogen and oxygen atoms in total. The molecule has 0 radical (unpaired) electrons. The van der Waals surface area contributed by atoms with E-state index in [1.807, 2.05) is 0 Å². The highest BCUT2D eigenvalue weighted by atomic mass is 16.5. The number of aliphatic hydroxyl groups is 2. The molecular formula is C9H13N3O5. The zero-order valence-electron chi connectivity index (χ0n) is 8.81. The maximum Gasteiger partial charge on any atom is 0.330 e. The molecule has 1 saturated heterocycles. The fourth-order valence-corrected chi connectivity index (χ4v) is 1.80. The maximum atomic E-state index is 11.5. The first-order valence-electron chi connectivity index (χ1n) is 5.06. The first kappa shape index (κ1) is 12.0. The molecule has 1 unspecified atom stereocenters. The summed E-state index contributed by atoms with van der Waals surface area (Å²) in [6, 6.07) is 0.298. The third-order valence-corrected chi connectivity index (χ3v) is 2.72. The van der Waals surface area contributed by atoms with E-state index in [9.17, 15) is 14.7 Å². The van der Waals surface area contributed by atoms with Crippen molar-refractivity contribution in [3.8, 4) is 0 Å². The van der Waals surface area contributed by atoms with Gasteiger partial charge in [0, 0.05) is 12.3 Å². The summed E-state index contributed by atoms with van der Waals surface area (Å²) < 4.78 is 6.33. The van der Waals surface area contributed by atoms with Gasteiger partial charge in [0.1, 0.15) is 12.2 Å². The van der Waals surface area contributed by atoms with E-state index in [1.54, 1.807) is 0 Å². The van der Waals surface area contributed by atoms with Crippen molar-refractivity contribution in [1.29, 1.82) is 0 Å². The van der Waals surface area contributed by atoms with Crippen molar-refractivity contribution in [3.05, 3.63) is 33.1 Å². The Kier molecular flexibility index (Phi) is 3.11. The highest BCUT2D eigenvalue weighted by Gasteiger charge is 2.42. The van der Waals surface area contributed by atoms with Crippen molar-refractivity contribution < 1.29 is 14.9 Å². The lowest BCUT2D eigenvalue weighted by atomic mass is 10.1. The van der Waals surface area contributed by atoms with Crippen LogP contribution < -0.4 is 17.0 Å². The summed E-state index contributed by atoms with van der Waals surface area (Å²) in [6.45, 7) is -0.399. The quantitative estimate of drug-likeness (QED) is 0.441. The van der Waals surface area contributed by atoms with Gasteiger partial charge in [-0.1, -0.05) is 0 Å². The Morgan fingerprint density at radius 3 is 2.76 bits per heavy atom. The SMILES string of the molecule is N[C@H]1C(O)[C@@H](CO)O[C@H]1n1ccc(=O)[nH]c1=O. The van der Waals surface area contributed by atoms with E-state index in [-0.39, 0.29) is 0 Å². The lowest BCUT2D eigenvalue weighted by Crippen LogP contribution is -2.42. The van der Waals surface area contributed by atoms with Gasteiger partial charge in [0.05, 0.1) is 12.6 Å². The molecule has 5 N–H and O–H groups in total. The van der Waals surface area contributed by atoms with Gasteiger partial charge >= 0.3 is 5.69 Å². The van der Waals surface area contributed by atoms with E-state index in [0.717, 1.165) is 10.6 Å². The van der Waals surface area contributed by atoms with E-state index >= 15 is 0 Å². The summed E-state index contributed by atoms with van der Waals surface area (Å²) in [5.74, 6) is 0. The number of ether oxygens (including phenoxy) is 1. The molecule has 0 aliphatic carbocycles. The normalized spacial score (nSPS) is 32.9. The van der Waals surface area contributed by atoms with Crippen LogP contribution in [0.15, 0.2) is 21.9 Å². The molecule has 2 heterocycles. The second-order valence-electron chi connectivity index (χ2n) is 3.83. The van der Waals surface area contributed by atoms with Crippen molar-refractivity contribution in [1.82, 2.24) is 9.55 Å². The Bertz CT molecular complexity index is 510. The van der Waals surface area contributed by atoms with Crippen molar-refractivity contribution in [3.63, 3.8) is 0 Å². The topological polar surface area (TPSA) is 131 Å². The molecule has 1 aromatic rings. The van der Waals surface area contributed by atoms with Crippen LogP contribution in [0, 0.1) is 0 Å². The summed E-state index contributed by atoms with van der Waals surface area (Å²) in [6.07, 6.45) is -1.58. The van der Waals surface area contributed by atoms with Crippen LogP contribution in [0.3, 0.4) is 0 Å². The summed E-state index contributed by atoms with van der Waals surface area (Å²) >= 11 is 0. The van der Waals surface area contributed by atoms with E-state index < -0.39 is 42.3 Å². The molecule has 4 atom stereocenters. The molecule has 0 spiro atoms. The van der Waals surface area contributed by atoms with E-state index in [0.29, 0.717) is 0 Å². The smallest absolute Gasteiger partial charge is 0.330 e. The lowest BCUT2D eigenvalue weighted by molar-refractivity contribution is -0.0465. The predicted molar refractivity (Wildman–Crippen MR) is 56.3 cm³/mol. The number of nitrogens with two attached hydrogens (primary N) is 1. The van der Waals surface area contributed by atoms with Crippen LogP contribution >= 0.6 is 0 Å². The first-order chi connectivity index (χ1) is 8.04. The second-order valence-corrected chi connectivity index (χ2v) is 3.83. The third kappa shape index (κ3) is 2.03. The predicted octanol–water partition coefficient (Wildman–Crippen LogP) is -2.89. The highest BCUT2D eigenvalue weighted by molar-refractivity contribution is 4.94. The van der Waals surface area contributed by atoms with Gasteiger partial charge in [-0.3, -0.25) is 14.3 Å². The monoisotopic (exact) mass is 243 g/mol. The number of H-pyrrole nitrogens is 1. The minimum atomic E-state index is -1.07. The molecule has 0 aromatic carbocycles. The summed E-state index contributed by atoms with van der Waals surface area (Å²) in [7, 11) is 0. The second kappa shape index (κ2) is 4.41. The molecule has 0 saturated carbocycles. The third-order valence-electron chi connectivity index (χ3n) is 2.72. The fraction of sp³-hybridized carbons (Fsp3) is 0.556. The van der Waals surface area contributed by atoms with Gasteiger partial charge in [-0.15, -0.1) is 0 Å². The number of rotatable bonds is 2. The van der Waals surface area contributed by atoms with Crippen LogP contribution in [0.1, 0.15) is 6.23 Å². The minimum absolute atomic E-state index is 0.399. The molecule has 1 aliphatic rings. The molecule has 8 heteroatoms. The Balaban J connectivity index is 2.35. The molecule has 17 heavy (non-hydrogen) atoms. The Morgan fingerprint density at radius 1 is 1.53 bits per heavy atom. The molecule has 1 fully saturated rings. The number of nitrogens with one attached hydrogen (secondary N) is 1. The number of aliphatic hydroxyl groups excluding tert-OH is 2. The number of aromatic amines is 1. The summed E-state index contributed by atoms with van der Waals surface area (Å²) in [5.41, 5.74) is 4.48. The van der Waals surface area contributed by atoms with Gasteiger partial charge in [-0.2, -0.15) is 0 Å². The maximum absolute atomic E-state index is 11.5. The Hall–Kier alpha value is -1.48. The van der Waals surface area contributed by atoms with E-state index in [2.05, 4.69) is 4.98 Å². The Morgan fingerprint density at radius 2 is 2.24 bits per heavy atom. The van der Waals surface area contributed by atoms with Crippen LogP contribution in [0.4, 0.5) is 0 Å². The van der Waals surface area contributed by atoms with Crippen LogP contribution in [-0.4, -0.2) is 44.6 Å². The number of hydrogen-bond donors (Lipinski definition) is 4. The zero-order chi connectivity index (χ0) is 12.6. The molecule has 0 bridgehead atoms. The molecular weight excluding hydrogens is 230 g/mol. The van der Waals surface area contributed by atoms with E-state index in [4.69, 9.17) is 15.6 Å². The highest BCUT2D eigenvalue weighted by Crippen LogP contribution is 2.26. The van der Waals surface area contributed by atoms with Crippen molar-refractivity contribution in [2.45, 2.75) is 24.5 Å². The standard InChI is InChI=1S/C9H13N3O5/c10-6-7(15)4(3-13)17-8(6)12-2-1-5(14)11-9(12)16/h1-2,4,6-8,13,15H,3,10H2,(H,11,14,16)/t4-,6+,7?,8-/m1/s1. The molecule has 1 aromatic heterocycles. The Labute approximate surface area is 95.3 Å². The van der Waals surface area contributed by atoms with Gasteiger partial charge in [0.2, 0.25) is 0 Å². The average Bonchev–Trinajstić information content (AvgIpc) is 2.57. The largest absolute Gasteiger partial charge is 0.394 e. The van der Waals surface area contributed by atoms with Crippen LogP contribution in [-0.2, 0) is 4.74 Å². The van der Waals surface area contributed by atoms with Crippen LogP contribution in [0.25, 0.3) is 0 Å². The van der Waals surface area contributed by atoms with Crippen molar-refractivity contribution >= 4 is 0 Å². The first-order valence-corrected chi connectivity index (χ1v) is 5.06. The molecule has 2 rings (SSSR count). The summed E-state index contributed by atoms with van der Waals surface area (Å²) in [5, 5.41) is 18.6.